The summed E-state index contributed by atoms with van der Waals surface area (Å²) in [5.41, 5.74) is 0.588. The van der Waals surface area contributed by atoms with Crippen LogP contribution in [-0.4, -0.2) is 51.6 Å². The highest BCUT2D eigenvalue weighted by molar-refractivity contribution is 5.93. The molecule has 3 rings (SSSR count). The first-order valence-electron chi connectivity index (χ1n) is 14.2. The molecule has 0 aliphatic heterocycles. The molecule has 1 aromatic rings. The van der Waals surface area contributed by atoms with Crippen molar-refractivity contribution in [2.24, 2.45) is 11.8 Å². The molecule has 0 saturated heterocycles. The molecule has 3 N–H and O–H groups in total. The fourth-order valence-corrected chi connectivity index (χ4v) is 5.26. The Bertz CT molecular complexity index is 998. The maximum atomic E-state index is 14.4. The van der Waals surface area contributed by atoms with Crippen LogP contribution in [0, 0.1) is 18.8 Å². The van der Waals surface area contributed by atoms with E-state index in [1.54, 1.807) is 50.8 Å². The normalized spacial score (nSPS) is 22.1. The lowest BCUT2D eigenvalue weighted by atomic mass is 9.93. The molecule has 5 unspecified atom stereocenters. The summed E-state index contributed by atoms with van der Waals surface area (Å²) in [5, 5.41) is 16.2. The molecular weight excluding hydrogens is 482 g/mol. The van der Waals surface area contributed by atoms with Gasteiger partial charge in [-0.05, 0) is 82.1 Å². The average Bonchev–Trinajstić information content (AvgIpc) is 3.57. The van der Waals surface area contributed by atoms with Gasteiger partial charge in [0.2, 0.25) is 11.8 Å². The van der Waals surface area contributed by atoms with Gasteiger partial charge in [0, 0.05) is 12.1 Å². The number of amides is 3. The molecule has 5 atom stereocenters. The molecule has 8 nitrogen and oxygen atoms in total. The zero-order valence-corrected chi connectivity index (χ0v) is 24.2. The van der Waals surface area contributed by atoms with Crippen LogP contribution in [0.2, 0.25) is 0 Å². The van der Waals surface area contributed by atoms with Crippen LogP contribution in [0.1, 0.15) is 104 Å². The van der Waals surface area contributed by atoms with Gasteiger partial charge in [-0.3, -0.25) is 9.59 Å². The standard InChI is InChI=1S/C30H47N3O5/c1-8-18(2)25(32-29(37)38-30(5,6)7)28(36)33(23-17-19(23)3)26(21-14-15-24(34)20(4)16-21)27(35)31-22-12-10-9-11-13-22/h14-16,18-19,22-23,25-26,34H,8-13,17H2,1-7H3,(H,31,35)(H,32,37). The number of hydrogen-bond acceptors (Lipinski definition) is 5. The lowest BCUT2D eigenvalue weighted by Gasteiger charge is -2.37. The second-order valence-corrected chi connectivity index (χ2v) is 12.3. The molecule has 1 aromatic carbocycles. The number of phenolic OH excluding ortho intramolecular Hbond substituents is 1. The number of aromatic hydroxyl groups is 1. The van der Waals surface area contributed by atoms with Crippen LogP contribution in [-0.2, 0) is 14.3 Å². The highest BCUT2D eigenvalue weighted by Gasteiger charge is 2.49. The lowest BCUT2D eigenvalue weighted by Crippen LogP contribution is -2.56. The highest BCUT2D eigenvalue weighted by Crippen LogP contribution is 2.42. The van der Waals surface area contributed by atoms with Gasteiger partial charge < -0.3 is 25.4 Å². The Labute approximate surface area is 227 Å². The number of hydrogen-bond donors (Lipinski definition) is 3. The summed E-state index contributed by atoms with van der Waals surface area (Å²) >= 11 is 0. The van der Waals surface area contributed by atoms with Gasteiger partial charge >= 0.3 is 6.09 Å². The van der Waals surface area contributed by atoms with Gasteiger partial charge in [-0.25, -0.2) is 4.79 Å². The average molecular weight is 530 g/mol. The molecule has 0 radical (unpaired) electrons. The Morgan fingerprint density at radius 1 is 1.16 bits per heavy atom. The zero-order valence-electron chi connectivity index (χ0n) is 24.2. The first-order valence-corrected chi connectivity index (χ1v) is 14.2. The number of rotatable bonds is 9. The predicted molar refractivity (Wildman–Crippen MR) is 148 cm³/mol. The molecule has 2 saturated carbocycles. The van der Waals surface area contributed by atoms with Gasteiger partial charge in [0.05, 0.1) is 0 Å². The summed E-state index contributed by atoms with van der Waals surface area (Å²) in [6, 6.07) is 3.33. The molecule has 212 valence electrons. The number of carbonyl (C=O) groups excluding carboxylic acids is 3. The van der Waals surface area contributed by atoms with Crippen molar-refractivity contribution in [2.75, 3.05) is 0 Å². The Hall–Kier alpha value is -2.77. The summed E-state index contributed by atoms with van der Waals surface area (Å²) in [7, 11) is 0. The van der Waals surface area contributed by atoms with Crippen molar-refractivity contribution in [3.8, 4) is 5.75 Å². The van der Waals surface area contributed by atoms with Gasteiger partial charge in [0.1, 0.15) is 23.4 Å². The van der Waals surface area contributed by atoms with Crippen LogP contribution in [0.4, 0.5) is 4.79 Å². The first-order chi connectivity index (χ1) is 17.8. The number of benzene rings is 1. The number of nitrogens with one attached hydrogen (secondary N) is 2. The lowest BCUT2D eigenvalue weighted by molar-refractivity contribution is -0.144. The molecule has 2 aliphatic carbocycles. The molecule has 0 bridgehead atoms. The molecule has 0 aromatic heterocycles. The van der Waals surface area contributed by atoms with Gasteiger partial charge in [0.25, 0.3) is 0 Å². The summed E-state index contributed by atoms with van der Waals surface area (Å²) in [5.74, 6) is -0.290. The van der Waals surface area contributed by atoms with E-state index in [0.29, 0.717) is 17.5 Å². The van der Waals surface area contributed by atoms with Crippen molar-refractivity contribution >= 4 is 17.9 Å². The van der Waals surface area contributed by atoms with E-state index in [1.165, 1.54) is 6.42 Å². The molecule has 38 heavy (non-hydrogen) atoms. The molecule has 2 fully saturated rings. The SMILES string of the molecule is CCC(C)C(NC(=O)OC(C)(C)C)C(=O)N(C(C(=O)NC1CCCCC1)c1ccc(O)c(C)c1)C1CC1C. The fourth-order valence-electron chi connectivity index (χ4n) is 5.26. The monoisotopic (exact) mass is 529 g/mol. The fraction of sp³-hybridized carbons (Fsp3) is 0.700. The smallest absolute Gasteiger partial charge is 0.408 e. The van der Waals surface area contributed by atoms with Gasteiger partial charge in [-0.1, -0.05) is 52.5 Å². The number of carbonyl (C=O) groups is 3. The molecule has 8 heteroatoms. The number of alkyl carbamates (subject to hydrolysis) is 1. The van der Waals surface area contributed by atoms with Gasteiger partial charge in [-0.2, -0.15) is 0 Å². The quantitative estimate of drug-likeness (QED) is 0.399. The van der Waals surface area contributed by atoms with Crippen molar-refractivity contribution < 1.29 is 24.2 Å². The van der Waals surface area contributed by atoms with E-state index in [1.807, 2.05) is 13.8 Å². The Morgan fingerprint density at radius 3 is 2.32 bits per heavy atom. The van der Waals surface area contributed by atoms with E-state index in [-0.39, 0.29) is 41.5 Å². The minimum absolute atomic E-state index is 0.0794. The first kappa shape index (κ1) is 29.8. The number of ether oxygens (including phenoxy) is 1. The Morgan fingerprint density at radius 2 is 1.79 bits per heavy atom. The molecule has 3 amide bonds. The van der Waals surface area contributed by atoms with Gasteiger partial charge in [0.15, 0.2) is 0 Å². The maximum Gasteiger partial charge on any atom is 0.408 e. The van der Waals surface area contributed by atoms with Crippen LogP contribution in [0.5, 0.6) is 5.75 Å². The molecule has 0 spiro atoms. The third kappa shape index (κ3) is 7.64. The van der Waals surface area contributed by atoms with E-state index in [9.17, 15) is 19.5 Å². The zero-order chi connectivity index (χ0) is 28.2. The highest BCUT2D eigenvalue weighted by atomic mass is 16.6. The van der Waals surface area contributed by atoms with Crippen LogP contribution in [0.25, 0.3) is 0 Å². The molecule has 0 heterocycles. The second kappa shape index (κ2) is 12.4. The third-order valence-electron chi connectivity index (χ3n) is 7.84. The van der Waals surface area contributed by atoms with Crippen LogP contribution in [0.3, 0.4) is 0 Å². The van der Waals surface area contributed by atoms with Crippen molar-refractivity contribution in [3.05, 3.63) is 29.3 Å². The van der Waals surface area contributed by atoms with Crippen LogP contribution < -0.4 is 10.6 Å². The number of aryl methyl sites for hydroxylation is 1. The second-order valence-electron chi connectivity index (χ2n) is 12.3. The number of phenols is 1. The molecular formula is C30H47N3O5. The van der Waals surface area contributed by atoms with E-state index >= 15 is 0 Å². The summed E-state index contributed by atoms with van der Waals surface area (Å²) in [6.45, 7) is 13.1. The summed E-state index contributed by atoms with van der Waals surface area (Å²) in [4.78, 5) is 42.8. The predicted octanol–water partition coefficient (Wildman–Crippen LogP) is 5.37. The van der Waals surface area contributed by atoms with E-state index < -0.39 is 23.8 Å². The topological polar surface area (TPSA) is 108 Å². The molecule has 2 aliphatic rings. The maximum absolute atomic E-state index is 14.4. The minimum Gasteiger partial charge on any atom is -0.508 e. The third-order valence-corrected chi connectivity index (χ3v) is 7.84. The van der Waals surface area contributed by atoms with Crippen molar-refractivity contribution in [1.82, 2.24) is 15.5 Å². The van der Waals surface area contributed by atoms with E-state index in [2.05, 4.69) is 17.6 Å². The van der Waals surface area contributed by atoms with Crippen molar-refractivity contribution in [2.45, 2.75) is 123 Å². The van der Waals surface area contributed by atoms with E-state index in [4.69, 9.17) is 4.74 Å². The minimum atomic E-state index is -0.870. The number of nitrogens with zero attached hydrogens (tertiary/aromatic N) is 1. The van der Waals surface area contributed by atoms with E-state index in [0.717, 1.165) is 32.1 Å². The summed E-state index contributed by atoms with van der Waals surface area (Å²) in [6.07, 6.45) is 5.98. The van der Waals surface area contributed by atoms with Gasteiger partial charge in [-0.15, -0.1) is 0 Å². The Kier molecular flexibility index (Phi) is 9.71. The van der Waals surface area contributed by atoms with Crippen LogP contribution in [0.15, 0.2) is 18.2 Å². The Balaban J connectivity index is 2.01. The summed E-state index contributed by atoms with van der Waals surface area (Å²) < 4.78 is 5.48. The largest absolute Gasteiger partial charge is 0.508 e. The van der Waals surface area contributed by atoms with Crippen molar-refractivity contribution in [1.29, 1.82) is 0 Å². The van der Waals surface area contributed by atoms with Crippen LogP contribution >= 0.6 is 0 Å². The van der Waals surface area contributed by atoms with Crippen molar-refractivity contribution in [3.63, 3.8) is 0 Å².